The third kappa shape index (κ3) is 4.94. The number of carbonyl (C=O) groups is 1. The highest BCUT2D eigenvalue weighted by Crippen LogP contribution is 2.20. The Morgan fingerprint density at radius 3 is 2.41 bits per heavy atom. The summed E-state index contributed by atoms with van der Waals surface area (Å²) in [5.74, 6) is 0.862. The van der Waals surface area contributed by atoms with Gasteiger partial charge in [0.1, 0.15) is 25.0 Å². The summed E-state index contributed by atoms with van der Waals surface area (Å²) < 4.78 is 5.81. The molecule has 1 aliphatic rings. The minimum atomic E-state index is -0.534. The summed E-state index contributed by atoms with van der Waals surface area (Å²) >= 11 is 0. The third-order valence-electron chi connectivity index (χ3n) is 5.47. The summed E-state index contributed by atoms with van der Waals surface area (Å²) in [5.41, 5.74) is 0.736. The first kappa shape index (κ1) is 19.4. The summed E-state index contributed by atoms with van der Waals surface area (Å²) in [4.78, 5) is 15.7. The zero-order valence-electron chi connectivity index (χ0n) is 16.5. The van der Waals surface area contributed by atoms with Crippen LogP contribution in [0.4, 0.5) is 0 Å². The molecule has 5 heteroatoms. The van der Waals surface area contributed by atoms with Gasteiger partial charge in [0.25, 0.3) is 5.91 Å². The van der Waals surface area contributed by atoms with Gasteiger partial charge in [0, 0.05) is 5.56 Å². The van der Waals surface area contributed by atoms with E-state index < -0.39 is 6.10 Å². The van der Waals surface area contributed by atoms with Crippen molar-refractivity contribution in [1.29, 1.82) is 0 Å². The van der Waals surface area contributed by atoms with Gasteiger partial charge in [-0.1, -0.05) is 48.5 Å². The lowest BCUT2D eigenvalue weighted by molar-refractivity contribution is -0.907. The van der Waals surface area contributed by atoms with Crippen molar-refractivity contribution >= 4 is 16.7 Å². The second kappa shape index (κ2) is 9.07. The van der Waals surface area contributed by atoms with Gasteiger partial charge >= 0.3 is 0 Å². The first-order valence-corrected chi connectivity index (χ1v) is 10.2. The normalized spacial score (nSPS) is 16.0. The first-order valence-electron chi connectivity index (χ1n) is 10.2. The number of quaternary nitrogens is 1. The summed E-state index contributed by atoms with van der Waals surface area (Å²) in [6.07, 6.45) is -0.534. The van der Waals surface area contributed by atoms with Crippen molar-refractivity contribution in [1.82, 2.24) is 4.90 Å². The van der Waals surface area contributed by atoms with Crippen molar-refractivity contribution in [3.8, 4) is 5.75 Å². The summed E-state index contributed by atoms with van der Waals surface area (Å²) in [6.45, 7) is 4.00. The summed E-state index contributed by atoms with van der Waals surface area (Å²) in [6, 6.07) is 23.5. The van der Waals surface area contributed by atoms with Gasteiger partial charge in [-0.25, -0.2) is 0 Å². The minimum absolute atomic E-state index is 0.0878. The number of piperazine rings is 1. The van der Waals surface area contributed by atoms with Crippen LogP contribution in [0.15, 0.2) is 72.8 Å². The zero-order valence-corrected chi connectivity index (χ0v) is 16.5. The molecule has 1 amide bonds. The van der Waals surface area contributed by atoms with E-state index in [1.54, 1.807) is 0 Å². The Hall–Kier alpha value is -2.89. The van der Waals surface area contributed by atoms with E-state index in [0.29, 0.717) is 19.6 Å². The van der Waals surface area contributed by atoms with Gasteiger partial charge in [-0.3, -0.25) is 4.79 Å². The minimum Gasteiger partial charge on any atom is -0.491 e. The number of rotatable bonds is 6. The predicted molar refractivity (Wildman–Crippen MR) is 113 cm³/mol. The van der Waals surface area contributed by atoms with Gasteiger partial charge in [-0.15, -0.1) is 0 Å². The molecule has 4 rings (SSSR count). The third-order valence-corrected chi connectivity index (χ3v) is 5.47. The summed E-state index contributed by atoms with van der Waals surface area (Å²) in [5, 5.41) is 12.7. The predicted octanol–water partition coefficient (Wildman–Crippen LogP) is 1.62. The largest absolute Gasteiger partial charge is 0.491 e. The molecule has 0 radical (unpaired) electrons. The second-order valence-electron chi connectivity index (χ2n) is 7.59. The number of aliphatic hydroxyl groups excluding tert-OH is 1. The Bertz CT molecular complexity index is 953. The number of nitrogens with one attached hydrogen (secondary N) is 1. The second-order valence-corrected chi connectivity index (χ2v) is 7.59. The maximum absolute atomic E-state index is 12.5. The van der Waals surface area contributed by atoms with E-state index in [1.807, 2.05) is 65.6 Å². The van der Waals surface area contributed by atoms with Crippen molar-refractivity contribution in [3.05, 3.63) is 78.4 Å². The van der Waals surface area contributed by atoms with Crippen LogP contribution in [0.5, 0.6) is 5.75 Å². The lowest BCUT2D eigenvalue weighted by atomic mass is 10.1. The van der Waals surface area contributed by atoms with Crippen molar-refractivity contribution in [2.45, 2.75) is 6.10 Å². The number of carbonyl (C=O) groups excluding carboxylic acids is 1. The molecule has 0 spiro atoms. The van der Waals surface area contributed by atoms with Crippen LogP contribution in [0.2, 0.25) is 0 Å². The molecule has 3 aromatic carbocycles. The average Bonchev–Trinajstić information content (AvgIpc) is 2.78. The van der Waals surface area contributed by atoms with Gasteiger partial charge in [0.15, 0.2) is 0 Å². The molecule has 2 N–H and O–H groups in total. The van der Waals surface area contributed by atoms with Crippen LogP contribution in [-0.4, -0.2) is 61.3 Å². The molecule has 0 aliphatic carbocycles. The Morgan fingerprint density at radius 1 is 0.966 bits per heavy atom. The number of hydrogen-bond acceptors (Lipinski definition) is 3. The summed E-state index contributed by atoms with van der Waals surface area (Å²) in [7, 11) is 0. The molecule has 1 fully saturated rings. The highest BCUT2D eigenvalue weighted by atomic mass is 16.5. The van der Waals surface area contributed by atoms with Crippen LogP contribution >= 0.6 is 0 Å². The van der Waals surface area contributed by atoms with Gasteiger partial charge in [0.05, 0.1) is 26.2 Å². The van der Waals surface area contributed by atoms with Gasteiger partial charge in [0.2, 0.25) is 0 Å². The molecular formula is C24H27N2O3+. The number of ether oxygens (including phenoxy) is 1. The standard InChI is InChI=1S/C24H26N2O3/c27-22(18-29-23-11-10-19-6-4-5-9-21(19)16-23)17-25-12-14-26(15-13-25)24(28)20-7-2-1-3-8-20/h1-11,16,22,27H,12-15,17-18H2/p+1/t22-/m0/s1. The fraction of sp³-hybridized carbons (Fsp3) is 0.292. The van der Waals surface area contributed by atoms with Crippen molar-refractivity contribution < 1.29 is 19.5 Å². The Morgan fingerprint density at radius 2 is 1.66 bits per heavy atom. The maximum Gasteiger partial charge on any atom is 0.254 e. The monoisotopic (exact) mass is 391 g/mol. The maximum atomic E-state index is 12.5. The quantitative estimate of drug-likeness (QED) is 0.672. The van der Waals surface area contributed by atoms with Crippen LogP contribution in [0.1, 0.15) is 10.4 Å². The molecule has 0 bridgehead atoms. The van der Waals surface area contributed by atoms with Crippen LogP contribution < -0.4 is 9.64 Å². The fourth-order valence-electron chi connectivity index (χ4n) is 3.84. The smallest absolute Gasteiger partial charge is 0.254 e. The zero-order chi connectivity index (χ0) is 20.1. The molecule has 1 aliphatic heterocycles. The van der Waals surface area contributed by atoms with Crippen molar-refractivity contribution in [2.24, 2.45) is 0 Å². The number of hydrogen-bond donors (Lipinski definition) is 2. The molecule has 5 nitrogen and oxygen atoms in total. The Balaban J connectivity index is 1.23. The number of aliphatic hydroxyl groups is 1. The molecule has 0 unspecified atom stereocenters. The molecule has 1 saturated heterocycles. The molecule has 29 heavy (non-hydrogen) atoms. The number of benzene rings is 3. The molecule has 1 heterocycles. The van der Waals surface area contributed by atoms with Gasteiger partial charge < -0.3 is 19.6 Å². The van der Waals surface area contributed by atoms with Crippen LogP contribution in [0, 0.1) is 0 Å². The number of nitrogens with zero attached hydrogens (tertiary/aromatic N) is 1. The highest BCUT2D eigenvalue weighted by Gasteiger charge is 2.26. The van der Waals surface area contributed by atoms with E-state index in [-0.39, 0.29) is 12.5 Å². The van der Waals surface area contributed by atoms with Gasteiger partial charge in [-0.2, -0.15) is 0 Å². The molecule has 0 saturated carbocycles. The molecular weight excluding hydrogens is 364 g/mol. The first-order chi connectivity index (χ1) is 14.2. The molecule has 150 valence electrons. The lowest BCUT2D eigenvalue weighted by Gasteiger charge is -2.33. The van der Waals surface area contributed by atoms with Crippen LogP contribution in [0.25, 0.3) is 10.8 Å². The molecule has 1 atom stereocenters. The van der Waals surface area contributed by atoms with Gasteiger partial charge in [-0.05, 0) is 35.0 Å². The van der Waals surface area contributed by atoms with E-state index in [4.69, 9.17) is 4.74 Å². The highest BCUT2D eigenvalue weighted by molar-refractivity contribution is 5.94. The van der Waals surface area contributed by atoms with Crippen LogP contribution in [0.3, 0.4) is 0 Å². The van der Waals surface area contributed by atoms with Crippen molar-refractivity contribution in [2.75, 3.05) is 39.3 Å². The van der Waals surface area contributed by atoms with E-state index in [9.17, 15) is 9.90 Å². The SMILES string of the molecule is O=C(c1ccccc1)N1CC[NH+](C[C@H](O)COc2ccc3ccccc3c2)CC1. The van der Waals surface area contributed by atoms with E-state index in [1.165, 1.54) is 10.3 Å². The average molecular weight is 391 g/mol. The van der Waals surface area contributed by atoms with Crippen molar-refractivity contribution in [3.63, 3.8) is 0 Å². The van der Waals surface area contributed by atoms with E-state index >= 15 is 0 Å². The number of amides is 1. The Labute approximate surface area is 171 Å². The number of fused-ring (bicyclic) bond motifs is 1. The van der Waals surface area contributed by atoms with E-state index in [2.05, 4.69) is 12.1 Å². The lowest BCUT2D eigenvalue weighted by Crippen LogP contribution is -3.16. The topological polar surface area (TPSA) is 54.2 Å². The molecule has 3 aromatic rings. The van der Waals surface area contributed by atoms with E-state index in [0.717, 1.165) is 29.8 Å². The van der Waals surface area contributed by atoms with Crippen LogP contribution in [-0.2, 0) is 0 Å². The Kier molecular flexibility index (Phi) is 6.08. The fourth-order valence-corrected chi connectivity index (χ4v) is 3.84. The molecule has 0 aromatic heterocycles.